The Hall–Kier alpha value is -1.13. The molecule has 0 N–H and O–H groups in total. The molecule has 0 radical (unpaired) electrons. The Labute approximate surface area is 96.9 Å². The quantitative estimate of drug-likeness (QED) is 0.760. The van der Waals surface area contributed by atoms with Crippen LogP contribution in [-0.4, -0.2) is 19.7 Å². The summed E-state index contributed by atoms with van der Waals surface area (Å²) in [7, 11) is 0. The lowest BCUT2D eigenvalue weighted by molar-refractivity contribution is 0.649. The minimum Gasteiger partial charge on any atom is -0.265 e. The number of halogens is 2. The first kappa shape index (κ1) is 10.4. The molecule has 15 heavy (non-hydrogen) atoms. The van der Waals surface area contributed by atoms with Crippen LogP contribution in [0.25, 0.3) is 0 Å². The summed E-state index contributed by atoms with van der Waals surface area (Å²) >= 11 is 11.5. The van der Waals surface area contributed by atoms with Gasteiger partial charge in [0, 0.05) is 12.3 Å². The summed E-state index contributed by atoms with van der Waals surface area (Å²) in [5, 5.41) is 4.90. The fourth-order valence-corrected chi connectivity index (χ4v) is 1.66. The Bertz CT molecular complexity index is 460. The Morgan fingerprint density at radius 1 is 1.27 bits per heavy atom. The second kappa shape index (κ2) is 4.16. The van der Waals surface area contributed by atoms with E-state index in [-0.39, 0.29) is 0 Å². The van der Waals surface area contributed by atoms with Gasteiger partial charge in [0.15, 0.2) is 5.82 Å². The molecule has 2 heterocycles. The average Bonchev–Trinajstić information content (AvgIpc) is 2.49. The van der Waals surface area contributed by atoms with Crippen molar-refractivity contribution in [2.45, 2.75) is 13.5 Å². The number of aromatic nitrogens is 4. The molecule has 4 nitrogen and oxygen atoms in total. The van der Waals surface area contributed by atoms with E-state index in [4.69, 9.17) is 23.2 Å². The number of aryl methyl sites for hydroxylation is 1. The van der Waals surface area contributed by atoms with Gasteiger partial charge in [0.2, 0.25) is 0 Å². The van der Waals surface area contributed by atoms with Crippen LogP contribution in [-0.2, 0) is 6.54 Å². The van der Waals surface area contributed by atoms with Gasteiger partial charge in [-0.25, -0.2) is 9.97 Å². The van der Waals surface area contributed by atoms with Gasteiger partial charge in [-0.1, -0.05) is 23.2 Å². The molecule has 0 amide bonds. The van der Waals surface area contributed by atoms with E-state index in [0.717, 1.165) is 5.69 Å². The molecule has 0 unspecified atom stereocenters. The maximum absolute atomic E-state index is 5.76. The predicted octanol–water partition coefficient (Wildman–Crippen LogP) is 2.34. The third-order valence-electron chi connectivity index (χ3n) is 1.79. The van der Waals surface area contributed by atoms with Gasteiger partial charge in [-0.3, -0.25) is 4.68 Å². The van der Waals surface area contributed by atoms with E-state index in [2.05, 4.69) is 15.1 Å². The van der Waals surface area contributed by atoms with E-state index in [0.29, 0.717) is 22.7 Å². The fourth-order valence-electron chi connectivity index (χ4n) is 1.20. The van der Waals surface area contributed by atoms with E-state index in [1.807, 2.05) is 19.2 Å². The van der Waals surface area contributed by atoms with Crippen LogP contribution in [0.3, 0.4) is 0 Å². The van der Waals surface area contributed by atoms with Crippen molar-refractivity contribution in [3.05, 3.63) is 40.2 Å². The van der Waals surface area contributed by atoms with Crippen molar-refractivity contribution < 1.29 is 0 Å². The zero-order valence-electron chi connectivity index (χ0n) is 7.98. The molecule has 0 aliphatic carbocycles. The van der Waals surface area contributed by atoms with Crippen LogP contribution in [0.5, 0.6) is 0 Å². The minimum atomic E-state index is 0.342. The second-order valence-corrected chi connectivity index (χ2v) is 3.86. The topological polar surface area (TPSA) is 43.6 Å². The van der Waals surface area contributed by atoms with Gasteiger partial charge in [-0.05, 0) is 13.0 Å². The van der Waals surface area contributed by atoms with Crippen LogP contribution in [0, 0.1) is 6.92 Å². The minimum absolute atomic E-state index is 0.342. The molecular weight excluding hydrogens is 235 g/mol. The van der Waals surface area contributed by atoms with Gasteiger partial charge in [-0.15, -0.1) is 0 Å². The lowest BCUT2D eigenvalue weighted by Crippen LogP contribution is -2.05. The van der Waals surface area contributed by atoms with Crippen LogP contribution in [0.15, 0.2) is 18.3 Å². The lowest BCUT2D eigenvalue weighted by Gasteiger charge is -2.01. The molecule has 0 aliphatic rings. The summed E-state index contributed by atoms with van der Waals surface area (Å²) in [6, 6.07) is 3.41. The monoisotopic (exact) mass is 242 g/mol. The number of nitrogens with zero attached hydrogens (tertiary/aromatic N) is 4. The highest BCUT2D eigenvalue weighted by molar-refractivity contribution is 6.33. The predicted molar refractivity (Wildman–Crippen MR) is 58.1 cm³/mol. The summed E-state index contributed by atoms with van der Waals surface area (Å²) < 4.78 is 1.73. The third kappa shape index (κ3) is 2.67. The van der Waals surface area contributed by atoms with E-state index in [9.17, 15) is 0 Å². The summed E-state index contributed by atoms with van der Waals surface area (Å²) in [4.78, 5) is 8.10. The summed E-state index contributed by atoms with van der Waals surface area (Å²) in [6.45, 7) is 2.39. The molecule has 0 saturated carbocycles. The maximum atomic E-state index is 5.76. The molecule has 0 bridgehead atoms. The standard InChI is InChI=1S/C9H8Cl2N4/c1-6-2-3-15(14-6)5-9-12-7(10)4-8(11)13-9/h2-4H,5H2,1H3. The van der Waals surface area contributed by atoms with E-state index in [1.54, 1.807) is 4.68 Å². The van der Waals surface area contributed by atoms with Crippen molar-refractivity contribution in [1.29, 1.82) is 0 Å². The number of rotatable bonds is 2. The largest absolute Gasteiger partial charge is 0.265 e. The molecule has 2 aromatic rings. The highest BCUT2D eigenvalue weighted by Gasteiger charge is 2.03. The molecule has 0 spiro atoms. The van der Waals surface area contributed by atoms with Crippen molar-refractivity contribution in [1.82, 2.24) is 19.7 Å². The first-order chi connectivity index (χ1) is 7.13. The van der Waals surface area contributed by atoms with Crippen LogP contribution >= 0.6 is 23.2 Å². The third-order valence-corrected chi connectivity index (χ3v) is 2.17. The van der Waals surface area contributed by atoms with E-state index in [1.165, 1.54) is 6.07 Å². The summed E-state index contributed by atoms with van der Waals surface area (Å²) in [5.74, 6) is 0.551. The van der Waals surface area contributed by atoms with Gasteiger partial charge >= 0.3 is 0 Å². The Morgan fingerprint density at radius 2 is 1.93 bits per heavy atom. The molecule has 0 atom stereocenters. The summed E-state index contributed by atoms with van der Waals surface area (Å²) in [5.41, 5.74) is 0.947. The molecular formula is C9H8Cl2N4. The van der Waals surface area contributed by atoms with Gasteiger partial charge in [0.1, 0.15) is 16.9 Å². The highest BCUT2D eigenvalue weighted by Crippen LogP contribution is 2.12. The summed E-state index contributed by atoms with van der Waals surface area (Å²) in [6.07, 6.45) is 1.85. The van der Waals surface area contributed by atoms with Crippen LogP contribution in [0.2, 0.25) is 10.3 Å². The lowest BCUT2D eigenvalue weighted by atomic mass is 10.5. The highest BCUT2D eigenvalue weighted by atomic mass is 35.5. The molecule has 0 saturated heterocycles. The zero-order valence-corrected chi connectivity index (χ0v) is 9.50. The van der Waals surface area contributed by atoms with E-state index >= 15 is 0 Å². The Kier molecular flexibility index (Phi) is 2.88. The molecule has 0 fully saturated rings. The normalized spacial score (nSPS) is 10.6. The Balaban J connectivity index is 2.24. The van der Waals surface area contributed by atoms with Crippen molar-refractivity contribution in [2.75, 3.05) is 0 Å². The SMILES string of the molecule is Cc1ccn(Cc2nc(Cl)cc(Cl)n2)n1. The molecule has 0 aromatic carbocycles. The molecule has 2 rings (SSSR count). The van der Waals surface area contributed by atoms with Crippen molar-refractivity contribution >= 4 is 23.2 Å². The van der Waals surface area contributed by atoms with Crippen LogP contribution < -0.4 is 0 Å². The first-order valence-electron chi connectivity index (χ1n) is 4.32. The van der Waals surface area contributed by atoms with Crippen molar-refractivity contribution in [2.24, 2.45) is 0 Å². The van der Waals surface area contributed by atoms with Gasteiger partial charge in [0.25, 0.3) is 0 Å². The van der Waals surface area contributed by atoms with E-state index < -0.39 is 0 Å². The zero-order chi connectivity index (χ0) is 10.8. The number of hydrogen-bond donors (Lipinski definition) is 0. The molecule has 6 heteroatoms. The van der Waals surface area contributed by atoms with Crippen molar-refractivity contribution in [3.63, 3.8) is 0 Å². The van der Waals surface area contributed by atoms with Crippen LogP contribution in [0.1, 0.15) is 11.5 Å². The Morgan fingerprint density at radius 3 is 2.47 bits per heavy atom. The van der Waals surface area contributed by atoms with Gasteiger partial charge in [-0.2, -0.15) is 5.10 Å². The molecule has 0 aliphatic heterocycles. The average molecular weight is 243 g/mol. The number of hydrogen-bond acceptors (Lipinski definition) is 3. The first-order valence-corrected chi connectivity index (χ1v) is 5.08. The molecule has 78 valence electrons. The smallest absolute Gasteiger partial charge is 0.153 e. The maximum Gasteiger partial charge on any atom is 0.153 e. The second-order valence-electron chi connectivity index (χ2n) is 3.08. The van der Waals surface area contributed by atoms with Gasteiger partial charge in [0.05, 0.1) is 5.69 Å². The fraction of sp³-hybridized carbons (Fsp3) is 0.222. The molecule has 2 aromatic heterocycles. The van der Waals surface area contributed by atoms with Gasteiger partial charge < -0.3 is 0 Å². The van der Waals surface area contributed by atoms with Crippen molar-refractivity contribution in [3.8, 4) is 0 Å². The van der Waals surface area contributed by atoms with Crippen LogP contribution in [0.4, 0.5) is 0 Å².